The van der Waals surface area contributed by atoms with Crippen molar-refractivity contribution in [2.45, 2.75) is 12.5 Å². The molecule has 0 radical (unpaired) electrons. The molecule has 0 saturated heterocycles. The predicted molar refractivity (Wildman–Crippen MR) is 103 cm³/mol. The Bertz CT molecular complexity index is 653. The highest BCUT2D eigenvalue weighted by molar-refractivity contribution is 7.80. The maximum Gasteiger partial charge on any atom is 0.167 e. The number of aryl methyl sites for hydroxylation is 1. The van der Waals surface area contributed by atoms with Gasteiger partial charge in [0.05, 0.1) is 0 Å². The molecule has 5 nitrogen and oxygen atoms in total. The van der Waals surface area contributed by atoms with E-state index in [2.05, 4.69) is 34.6 Å². The molecular weight excluding hydrogens is 342 g/mol. The van der Waals surface area contributed by atoms with Crippen LogP contribution in [0.2, 0.25) is 5.02 Å². The minimum Gasteiger partial charge on any atom is -0.363 e. The number of aromatic nitrogens is 2. The number of hydrogen-bond donors (Lipinski definition) is 2. The Labute approximate surface area is 154 Å². The third-order valence-electron chi connectivity index (χ3n) is 3.66. The summed E-state index contributed by atoms with van der Waals surface area (Å²) in [5.74, 6) is 0.898. The average Bonchev–Trinajstić information content (AvgIpc) is 2.96. The minimum absolute atomic E-state index is 0.129. The fourth-order valence-electron chi connectivity index (χ4n) is 2.39. The van der Waals surface area contributed by atoms with Crippen molar-refractivity contribution >= 4 is 28.9 Å². The van der Waals surface area contributed by atoms with Crippen LogP contribution in [0, 0.1) is 0 Å². The van der Waals surface area contributed by atoms with Crippen LogP contribution in [0.4, 0.5) is 0 Å². The van der Waals surface area contributed by atoms with E-state index in [1.165, 1.54) is 0 Å². The average molecular weight is 366 g/mol. The van der Waals surface area contributed by atoms with Gasteiger partial charge in [-0.1, -0.05) is 23.7 Å². The zero-order chi connectivity index (χ0) is 17.5. The Hall–Kier alpha value is -1.63. The molecule has 0 aliphatic rings. The molecule has 7 heteroatoms. The molecule has 130 valence electrons. The summed E-state index contributed by atoms with van der Waals surface area (Å²) in [6.45, 7) is 1.85. The Morgan fingerprint density at radius 1 is 1.33 bits per heavy atom. The molecule has 0 bridgehead atoms. The minimum atomic E-state index is -0.129. The lowest BCUT2D eigenvalue weighted by Crippen LogP contribution is -2.39. The Balaban J connectivity index is 2.05. The van der Waals surface area contributed by atoms with Crippen LogP contribution in [0.3, 0.4) is 0 Å². The first-order valence-electron chi connectivity index (χ1n) is 7.89. The van der Waals surface area contributed by atoms with Crippen LogP contribution in [0.15, 0.2) is 36.7 Å². The lowest BCUT2D eigenvalue weighted by atomic mass is 10.1. The molecule has 0 unspecified atom stereocenters. The molecule has 0 spiro atoms. The van der Waals surface area contributed by atoms with Crippen LogP contribution in [0.5, 0.6) is 0 Å². The second kappa shape index (κ2) is 9.01. The van der Waals surface area contributed by atoms with Crippen LogP contribution < -0.4 is 10.6 Å². The molecule has 2 N–H and O–H groups in total. The maximum absolute atomic E-state index is 6.00. The fourth-order valence-corrected chi connectivity index (χ4v) is 2.73. The van der Waals surface area contributed by atoms with E-state index in [0.29, 0.717) is 10.1 Å². The fraction of sp³-hybridized carbons (Fsp3) is 0.412. The summed E-state index contributed by atoms with van der Waals surface area (Å²) in [5.41, 5.74) is 1.06. The number of thiocarbonyl (C=S) groups is 1. The van der Waals surface area contributed by atoms with Crippen LogP contribution in [-0.2, 0) is 7.05 Å². The molecule has 1 heterocycles. The number of nitrogens with one attached hydrogen (secondary N) is 2. The van der Waals surface area contributed by atoms with E-state index >= 15 is 0 Å². The van der Waals surface area contributed by atoms with Crippen LogP contribution in [-0.4, -0.2) is 46.7 Å². The molecule has 0 aliphatic heterocycles. The lowest BCUT2D eigenvalue weighted by molar-refractivity contribution is 0.400. The Kier molecular flexibility index (Phi) is 7.02. The summed E-state index contributed by atoms with van der Waals surface area (Å²) in [5, 5.41) is 7.96. The summed E-state index contributed by atoms with van der Waals surface area (Å²) in [7, 11) is 6.10. The number of rotatable bonds is 7. The van der Waals surface area contributed by atoms with Gasteiger partial charge in [-0.2, -0.15) is 0 Å². The van der Waals surface area contributed by atoms with Gasteiger partial charge in [-0.15, -0.1) is 0 Å². The summed E-state index contributed by atoms with van der Waals surface area (Å²) in [4.78, 5) is 6.62. The summed E-state index contributed by atoms with van der Waals surface area (Å²) in [6.07, 6.45) is 4.74. The molecular formula is C17H24ClN5S. The molecule has 1 aromatic carbocycles. The van der Waals surface area contributed by atoms with Crippen molar-refractivity contribution in [2.75, 3.05) is 27.2 Å². The van der Waals surface area contributed by atoms with Gasteiger partial charge in [0.25, 0.3) is 0 Å². The van der Waals surface area contributed by atoms with Gasteiger partial charge in [-0.05, 0) is 57.0 Å². The molecule has 24 heavy (non-hydrogen) atoms. The molecule has 0 saturated carbocycles. The van der Waals surface area contributed by atoms with Gasteiger partial charge < -0.3 is 20.1 Å². The number of halogens is 1. The molecule has 1 atom stereocenters. The van der Waals surface area contributed by atoms with Gasteiger partial charge in [0.1, 0.15) is 11.9 Å². The number of imidazole rings is 1. The summed E-state index contributed by atoms with van der Waals surface area (Å²) >= 11 is 11.5. The smallest absolute Gasteiger partial charge is 0.167 e. The van der Waals surface area contributed by atoms with E-state index in [0.717, 1.165) is 30.9 Å². The normalized spacial score (nSPS) is 12.2. The maximum atomic E-state index is 6.00. The quantitative estimate of drug-likeness (QED) is 0.583. The summed E-state index contributed by atoms with van der Waals surface area (Å²) < 4.78 is 1.99. The molecule has 0 aliphatic carbocycles. The van der Waals surface area contributed by atoms with Crippen molar-refractivity contribution in [3.8, 4) is 0 Å². The number of hydrogen-bond acceptors (Lipinski definition) is 3. The largest absolute Gasteiger partial charge is 0.363 e. The highest BCUT2D eigenvalue weighted by atomic mass is 35.5. The van der Waals surface area contributed by atoms with Gasteiger partial charge in [0.2, 0.25) is 0 Å². The third kappa shape index (κ3) is 5.47. The van der Waals surface area contributed by atoms with E-state index in [1.807, 2.05) is 42.1 Å². The highest BCUT2D eigenvalue weighted by Gasteiger charge is 2.19. The number of benzene rings is 1. The molecule has 1 aromatic heterocycles. The summed E-state index contributed by atoms with van der Waals surface area (Å²) in [6, 6.07) is 7.60. The van der Waals surface area contributed by atoms with Gasteiger partial charge in [0, 0.05) is 31.0 Å². The molecule has 2 rings (SSSR count). The van der Waals surface area contributed by atoms with E-state index in [1.54, 1.807) is 6.20 Å². The number of nitrogens with zero attached hydrogens (tertiary/aromatic N) is 3. The SMILES string of the molecule is CN(C)CCCNC(=S)N[C@H](c1ccc(Cl)cc1)c1nccn1C. The third-order valence-corrected chi connectivity index (χ3v) is 4.18. The van der Waals surface area contributed by atoms with Crippen molar-refractivity contribution in [1.82, 2.24) is 25.1 Å². The highest BCUT2D eigenvalue weighted by Crippen LogP contribution is 2.22. The van der Waals surface area contributed by atoms with Crippen molar-refractivity contribution in [3.63, 3.8) is 0 Å². The van der Waals surface area contributed by atoms with E-state index < -0.39 is 0 Å². The van der Waals surface area contributed by atoms with E-state index in [-0.39, 0.29) is 6.04 Å². The van der Waals surface area contributed by atoms with E-state index in [9.17, 15) is 0 Å². The van der Waals surface area contributed by atoms with Crippen LogP contribution in [0.25, 0.3) is 0 Å². The Morgan fingerprint density at radius 2 is 2.04 bits per heavy atom. The lowest BCUT2D eigenvalue weighted by Gasteiger charge is -2.21. The van der Waals surface area contributed by atoms with Gasteiger partial charge >= 0.3 is 0 Å². The van der Waals surface area contributed by atoms with Gasteiger partial charge in [-0.3, -0.25) is 0 Å². The van der Waals surface area contributed by atoms with E-state index in [4.69, 9.17) is 23.8 Å². The standard InChI is InChI=1S/C17H24ClN5S/c1-22(2)11-4-9-20-17(24)21-15(16-19-10-12-23(16)3)13-5-7-14(18)8-6-13/h5-8,10,12,15H,4,9,11H2,1-3H3,(H2,20,21,24)/t15-/m1/s1. The first-order chi connectivity index (χ1) is 11.5. The molecule has 2 aromatic rings. The molecule has 0 fully saturated rings. The first kappa shape index (κ1) is 18.7. The predicted octanol–water partition coefficient (Wildman–Crippen LogP) is 2.58. The van der Waals surface area contributed by atoms with Crippen molar-refractivity contribution in [3.05, 3.63) is 53.1 Å². The topological polar surface area (TPSA) is 45.1 Å². The van der Waals surface area contributed by atoms with Gasteiger partial charge in [-0.25, -0.2) is 4.98 Å². The van der Waals surface area contributed by atoms with Crippen molar-refractivity contribution < 1.29 is 0 Å². The molecule has 0 amide bonds. The van der Waals surface area contributed by atoms with Crippen molar-refractivity contribution in [1.29, 1.82) is 0 Å². The Morgan fingerprint density at radius 3 is 2.62 bits per heavy atom. The second-order valence-electron chi connectivity index (χ2n) is 5.94. The zero-order valence-electron chi connectivity index (χ0n) is 14.3. The second-order valence-corrected chi connectivity index (χ2v) is 6.78. The van der Waals surface area contributed by atoms with Crippen LogP contribution >= 0.6 is 23.8 Å². The first-order valence-corrected chi connectivity index (χ1v) is 8.68. The van der Waals surface area contributed by atoms with Gasteiger partial charge in [0.15, 0.2) is 5.11 Å². The van der Waals surface area contributed by atoms with Crippen molar-refractivity contribution in [2.24, 2.45) is 7.05 Å². The monoisotopic (exact) mass is 365 g/mol. The van der Waals surface area contributed by atoms with Crippen LogP contribution in [0.1, 0.15) is 23.9 Å². The zero-order valence-corrected chi connectivity index (χ0v) is 15.9.